The molecule has 1 heterocycles. The van der Waals surface area contributed by atoms with Gasteiger partial charge in [-0.25, -0.2) is 9.37 Å². The van der Waals surface area contributed by atoms with E-state index < -0.39 is 0 Å². The molecule has 0 spiro atoms. The lowest BCUT2D eigenvalue weighted by atomic mass is 10.0. The van der Waals surface area contributed by atoms with Crippen molar-refractivity contribution in [3.63, 3.8) is 0 Å². The molecule has 0 aliphatic heterocycles. The Morgan fingerprint density at radius 1 is 1.50 bits per heavy atom. The Morgan fingerprint density at radius 2 is 2.28 bits per heavy atom. The van der Waals surface area contributed by atoms with Crippen molar-refractivity contribution in [3.05, 3.63) is 52.8 Å². The van der Waals surface area contributed by atoms with Crippen LogP contribution in [0.15, 0.2) is 30.6 Å². The number of benzene rings is 1. The number of rotatable bonds is 4. The lowest BCUT2D eigenvalue weighted by Crippen LogP contribution is -2.22. The number of hydrogen-bond donors (Lipinski definition) is 1. The summed E-state index contributed by atoms with van der Waals surface area (Å²) in [4.78, 5) is 4.28. The van der Waals surface area contributed by atoms with E-state index in [-0.39, 0.29) is 11.9 Å². The average Bonchev–Trinajstić information content (AvgIpc) is 2.76. The van der Waals surface area contributed by atoms with Crippen LogP contribution in [0.1, 0.15) is 17.4 Å². The van der Waals surface area contributed by atoms with Gasteiger partial charge in [0.05, 0.1) is 6.04 Å². The molecule has 1 aromatic heterocycles. The molecule has 1 aromatic carbocycles. The van der Waals surface area contributed by atoms with Crippen LogP contribution in [0.5, 0.6) is 0 Å². The summed E-state index contributed by atoms with van der Waals surface area (Å²) >= 11 is 6.04. The standard InChI is InChI=1S/C13H15ClFN3/c1-16-12(13-17-6-7-18(13)2)8-9-10(14)4-3-5-11(9)15/h3-7,12,16H,8H2,1-2H3. The van der Waals surface area contributed by atoms with E-state index in [2.05, 4.69) is 10.3 Å². The van der Waals surface area contributed by atoms with E-state index in [1.165, 1.54) is 6.07 Å². The lowest BCUT2D eigenvalue weighted by molar-refractivity contribution is 0.519. The molecule has 5 heteroatoms. The summed E-state index contributed by atoms with van der Waals surface area (Å²) < 4.78 is 15.7. The first-order chi connectivity index (χ1) is 8.63. The molecule has 0 aliphatic rings. The molecule has 1 unspecified atom stereocenters. The summed E-state index contributed by atoms with van der Waals surface area (Å²) in [7, 11) is 3.74. The van der Waals surface area contributed by atoms with Gasteiger partial charge in [-0.15, -0.1) is 0 Å². The summed E-state index contributed by atoms with van der Waals surface area (Å²) in [5.41, 5.74) is 0.515. The second-order valence-corrected chi connectivity index (χ2v) is 4.55. The van der Waals surface area contributed by atoms with Crippen LogP contribution < -0.4 is 5.32 Å². The van der Waals surface area contributed by atoms with Gasteiger partial charge in [0.25, 0.3) is 0 Å². The normalized spacial score (nSPS) is 12.7. The highest BCUT2D eigenvalue weighted by atomic mass is 35.5. The van der Waals surface area contributed by atoms with Crippen molar-refractivity contribution in [1.29, 1.82) is 0 Å². The molecule has 0 amide bonds. The van der Waals surface area contributed by atoms with E-state index in [4.69, 9.17) is 11.6 Å². The Balaban J connectivity index is 2.29. The van der Waals surface area contributed by atoms with Gasteiger partial charge in [-0.3, -0.25) is 0 Å². The summed E-state index contributed by atoms with van der Waals surface area (Å²) in [5, 5.41) is 3.59. The Hall–Kier alpha value is -1.39. The minimum absolute atomic E-state index is 0.0700. The van der Waals surface area contributed by atoms with Crippen LogP contribution >= 0.6 is 11.6 Å². The quantitative estimate of drug-likeness (QED) is 0.923. The van der Waals surface area contributed by atoms with Crippen molar-refractivity contribution in [2.75, 3.05) is 7.05 Å². The number of likely N-dealkylation sites (N-methyl/N-ethyl adjacent to an activating group) is 1. The van der Waals surface area contributed by atoms with Gasteiger partial charge in [-0.1, -0.05) is 17.7 Å². The number of imidazole rings is 1. The Kier molecular flexibility index (Phi) is 3.99. The van der Waals surface area contributed by atoms with Crippen LogP contribution in [-0.4, -0.2) is 16.6 Å². The van der Waals surface area contributed by atoms with Crippen LogP contribution in [0.3, 0.4) is 0 Å². The predicted molar refractivity (Wildman–Crippen MR) is 70.1 cm³/mol. The van der Waals surface area contributed by atoms with Crippen LogP contribution in [0.4, 0.5) is 4.39 Å². The molecule has 18 heavy (non-hydrogen) atoms. The summed E-state index contributed by atoms with van der Waals surface area (Å²) in [5.74, 6) is 0.578. The fourth-order valence-electron chi connectivity index (χ4n) is 1.97. The molecule has 0 bridgehead atoms. The van der Waals surface area contributed by atoms with Crippen molar-refractivity contribution in [1.82, 2.24) is 14.9 Å². The minimum Gasteiger partial charge on any atom is -0.337 e. The van der Waals surface area contributed by atoms with Gasteiger partial charge in [-0.2, -0.15) is 0 Å². The molecule has 0 fully saturated rings. The van der Waals surface area contributed by atoms with E-state index in [1.807, 2.05) is 24.9 Å². The SMILES string of the molecule is CNC(Cc1c(F)cccc1Cl)c1nccn1C. The summed E-state index contributed by atoms with van der Waals surface area (Å²) in [6.45, 7) is 0. The maximum atomic E-state index is 13.7. The fourth-order valence-corrected chi connectivity index (χ4v) is 2.21. The van der Waals surface area contributed by atoms with Gasteiger partial charge in [-0.05, 0) is 25.6 Å². The monoisotopic (exact) mass is 267 g/mol. The molecule has 96 valence electrons. The highest BCUT2D eigenvalue weighted by Crippen LogP contribution is 2.24. The average molecular weight is 268 g/mol. The molecular formula is C13H15ClFN3. The molecule has 0 aliphatic carbocycles. The second-order valence-electron chi connectivity index (χ2n) is 4.14. The van der Waals surface area contributed by atoms with Gasteiger partial charge in [0.2, 0.25) is 0 Å². The summed E-state index contributed by atoms with van der Waals surface area (Å²) in [6.07, 6.45) is 4.05. The summed E-state index contributed by atoms with van der Waals surface area (Å²) in [6, 6.07) is 4.66. The maximum absolute atomic E-state index is 13.7. The highest BCUT2D eigenvalue weighted by Gasteiger charge is 2.18. The Labute approximate surface area is 111 Å². The number of halogens is 2. The van der Waals surface area contributed by atoms with Crippen LogP contribution in [0.2, 0.25) is 5.02 Å². The van der Waals surface area contributed by atoms with E-state index in [0.717, 1.165) is 5.82 Å². The van der Waals surface area contributed by atoms with Crippen molar-refractivity contribution in [3.8, 4) is 0 Å². The molecule has 0 saturated heterocycles. The van der Waals surface area contributed by atoms with E-state index in [1.54, 1.807) is 18.3 Å². The molecule has 1 N–H and O–H groups in total. The van der Waals surface area contributed by atoms with E-state index in [9.17, 15) is 4.39 Å². The molecular weight excluding hydrogens is 253 g/mol. The predicted octanol–water partition coefficient (Wildman–Crippen LogP) is 2.72. The first-order valence-electron chi connectivity index (χ1n) is 5.71. The van der Waals surface area contributed by atoms with Gasteiger partial charge in [0.1, 0.15) is 11.6 Å². The zero-order valence-electron chi connectivity index (χ0n) is 10.3. The zero-order valence-corrected chi connectivity index (χ0v) is 11.1. The minimum atomic E-state index is -0.281. The molecule has 1 atom stereocenters. The molecule has 3 nitrogen and oxygen atoms in total. The molecule has 2 rings (SSSR count). The number of aromatic nitrogens is 2. The van der Waals surface area contributed by atoms with Crippen LogP contribution in [-0.2, 0) is 13.5 Å². The Bertz CT molecular complexity index is 519. The van der Waals surface area contributed by atoms with Gasteiger partial charge < -0.3 is 9.88 Å². The highest BCUT2D eigenvalue weighted by molar-refractivity contribution is 6.31. The fraction of sp³-hybridized carbons (Fsp3) is 0.308. The third-order valence-corrected chi connectivity index (χ3v) is 3.34. The molecule has 0 saturated carbocycles. The first-order valence-corrected chi connectivity index (χ1v) is 6.08. The van der Waals surface area contributed by atoms with Gasteiger partial charge >= 0.3 is 0 Å². The third-order valence-electron chi connectivity index (χ3n) is 2.99. The van der Waals surface area contributed by atoms with E-state index in [0.29, 0.717) is 17.0 Å². The lowest BCUT2D eigenvalue weighted by Gasteiger charge is -2.17. The van der Waals surface area contributed by atoms with Gasteiger partial charge in [0, 0.05) is 30.0 Å². The van der Waals surface area contributed by atoms with Gasteiger partial charge in [0.15, 0.2) is 0 Å². The third kappa shape index (κ3) is 2.54. The maximum Gasteiger partial charge on any atom is 0.127 e. The smallest absolute Gasteiger partial charge is 0.127 e. The Morgan fingerprint density at radius 3 is 2.83 bits per heavy atom. The number of nitrogens with zero attached hydrogens (tertiary/aromatic N) is 2. The van der Waals surface area contributed by atoms with Crippen molar-refractivity contribution in [2.24, 2.45) is 7.05 Å². The van der Waals surface area contributed by atoms with Crippen LogP contribution in [0, 0.1) is 5.82 Å². The number of hydrogen-bond acceptors (Lipinski definition) is 2. The topological polar surface area (TPSA) is 29.9 Å². The van der Waals surface area contributed by atoms with Crippen LogP contribution in [0.25, 0.3) is 0 Å². The van der Waals surface area contributed by atoms with Crippen molar-refractivity contribution in [2.45, 2.75) is 12.5 Å². The number of aryl methyl sites for hydroxylation is 1. The van der Waals surface area contributed by atoms with Crippen molar-refractivity contribution < 1.29 is 4.39 Å². The van der Waals surface area contributed by atoms with E-state index >= 15 is 0 Å². The van der Waals surface area contributed by atoms with Crippen molar-refractivity contribution >= 4 is 11.6 Å². The molecule has 0 radical (unpaired) electrons. The largest absolute Gasteiger partial charge is 0.337 e. The first kappa shape index (κ1) is 13.1. The number of nitrogens with one attached hydrogen (secondary N) is 1. The molecule has 2 aromatic rings. The zero-order chi connectivity index (χ0) is 13.1. The second kappa shape index (κ2) is 5.50.